The quantitative estimate of drug-likeness (QED) is 0.787. The Labute approximate surface area is 97.1 Å². The molecule has 0 spiro atoms. The first kappa shape index (κ1) is 10.1. The summed E-state index contributed by atoms with van der Waals surface area (Å²) in [7, 11) is 0. The number of aromatic nitrogens is 2. The van der Waals surface area contributed by atoms with Crippen molar-refractivity contribution in [1.29, 1.82) is 0 Å². The van der Waals surface area contributed by atoms with Gasteiger partial charge >= 0.3 is 0 Å². The topological polar surface area (TPSA) is 55.0 Å². The molecule has 5 heteroatoms. The highest BCUT2D eigenvalue weighted by atomic mass is 127. The molecular formula is C9H13IN4. The molecule has 1 aromatic heterocycles. The fourth-order valence-electron chi connectivity index (χ4n) is 1.65. The third-order valence-corrected chi connectivity index (χ3v) is 3.25. The molecule has 4 nitrogen and oxygen atoms in total. The van der Waals surface area contributed by atoms with Crippen molar-refractivity contribution in [1.82, 2.24) is 9.97 Å². The highest BCUT2D eigenvalue weighted by Gasteiger charge is 2.18. The highest BCUT2D eigenvalue weighted by Crippen LogP contribution is 2.21. The summed E-state index contributed by atoms with van der Waals surface area (Å²) in [4.78, 5) is 10.6. The smallest absolute Gasteiger partial charge is 0.145 e. The molecule has 0 aliphatic carbocycles. The number of hydrogen-bond acceptors (Lipinski definition) is 4. The van der Waals surface area contributed by atoms with Crippen LogP contribution >= 0.6 is 22.6 Å². The molecule has 1 saturated heterocycles. The van der Waals surface area contributed by atoms with Gasteiger partial charge in [0, 0.05) is 25.3 Å². The van der Waals surface area contributed by atoms with Crippen molar-refractivity contribution >= 4 is 28.4 Å². The number of anilines is 1. The largest absolute Gasteiger partial charge is 0.356 e. The lowest BCUT2D eigenvalue weighted by atomic mass is 10.1. The van der Waals surface area contributed by atoms with Crippen LogP contribution in [-0.2, 0) is 0 Å². The molecule has 0 amide bonds. The Morgan fingerprint density at radius 1 is 1.43 bits per heavy atom. The van der Waals surface area contributed by atoms with Gasteiger partial charge in [0.2, 0.25) is 0 Å². The maximum Gasteiger partial charge on any atom is 0.145 e. The van der Waals surface area contributed by atoms with Crippen molar-refractivity contribution < 1.29 is 0 Å². The van der Waals surface area contributed by atoms with E-state index in [4.69, 9.17) is 5.73 Å². The number of hydrogen-bond donors (Lipinski definition) is 1. The number of nitrogens with zero attached hydrogens (tertiary/aromatic N) is 3. The van der Waals surface area contributed by atoms with Crippen LogP contribution in [0.25, 0.3) is 0 Å². The van der Waals surface area contributed by atoms with Gasteiger partial charge in [0.05, 0.1) is 3.57 Å². The Morgan fingerprint density at radius 2 is 2.14 bits per heavy atom. The summed E-state index contributed by atoms with van der Waals surface area (Å²) in [6.45, 7) is 2.02. The normalized spacial score (nSPS) is 18.6. The van der Waals surface area contributed by atoms with Crippen LogP contribution in [0.2, 0.25) is 0 Å². The van der Waals surface area contributed by atoms with E-state index in [-0.39, 0.29) is 0 Å². The Kier molecular flexibility index (Phi) is 3.17. The summed E-state index contributed by atoms with van der Waals surface area (Å²) in [6.07, 6.45) is 5.56. The SMILES string of the molecule is NC1CCN(c2ncncc2I)CC1. The van der Waals surface area contributed by atoms with Gasteiger partial charge < -0.3 is 10.6 Å². The van der Waals surface area contributed by atoms with Crippen molar-refractivity contribution in [2.24, 2.45) is 5.73 Å². The Morgan fingerprint density at radius 3 is 2.79 bits per heavy atom. The van der Waals surface area contributed by atoms with E-state index in [1.165, 1.54) is 0 Å². The van der Waals surface area contributed by atoms with E-state index < -0.39 is 0 Å². The van der Waals surface area contributed by atoms with Crippen LogP contribution in [0.4, 0.5) is 5.82 Å². The van der Waals surface area contributed by atoms with E-state index in [1.807, 2.05) is 6.20 Å². The molecule has 0 unspecified atom stereocenters. The second-order valence-electron chi connectivity index (χ2n) is 3.52. The van der Waals surface area contributed by atoms with Gasteiger partial charge in [0.25, 0.3) is 0 Å². The summed E-state index contributed by atoms with van der Waals surface area (Å²) < 4.78 is 1.11. The molecule has 2 N–H and O–H groups in total. The van der Waals surface area contributed by atoms with Crippen LogP contribution in [0.5, 0.6) is 0 Å². The molecule has 0 aromatic carbocycles. The molecule has 2 rings (SSSR count). The maximum absolute atomic E-state index is 5.85. The van der Waals surface area contributed by atoms with Gasteiger partial charge in [-0.25, -0.2) is 9.97 Å². The lowest BCUT2D eigenvalue weighted by molar-refractivity contribution is 0.498. The summed E-state index contributed by atoms with van der Waals surface area (Å²) in [5.41, 5.74) is 5.85. The molecule has 0 bridgehead atoms. The molecule has 76 valence electrons. The van der Waals surface area contributed by atoms with Gasteiger partial charge in [-0.05, 0) is 35.4 Å². The fourth-order valence-corrected chi connectivity index (χ4v) is 2.29. The molecular weight excluding hydrogens is 291 g/mol. The van der Waals surface area contributed by atoms with Crippen LogP contribution in [0.3, 0.4) is 0 Å². The van der Waals surface area contributed by atoms with Gasteiger partial charge in [0.15, 0.2) is 0 Å². The van der Waals surface area contributed by atoms with Crippen LogP contribution < -0.4 is 10.6 Å². The minimum atomic E-state index is 0.366. The van der Waals surface area contributed by atoms with Gasteiger partial charge in [-0.2, -0.15) is 0 Å². The lowest BCUT2D eigenvalue weighted by Gasteiger charge is -2.31. The van der Waals surface area contributed by atoms with E-state index >= 15 is 0 Å². The molecule has 0 atom stereocenters. The summed E-state index contributed by atoms with van der Waals surface area (Å²) >= 11 is 2.27. The van der Waals surface area contributed by atoms with E-state index in [0.717, 1.165) is 35.3 Å². The summed E-state index contributed by atoms with van der Waals surface area (Å²) in [5, 5.41) is 0. The monoisotopic (exact) mass is 304 g/mol. The summed E-state index contributed by atoms with van der Waals surface area (Å²) in [6, 6.07) is 0.366. The lowest BCUT2D eigenvalue weighted by Crippen LogP contribution is -2.40. The van der Waals surface area contributed by atoms with Gasteiger partial charge in [-0.3, -0.25) is 0 Å². The van der Waals surface area contributed by atoms with Crippen LogP contribution in [0.15, 0.2) is 12.5 Å². The van der Waals surface area contributed by atoms with Gasteiger partial charge in [-0.1, -0.05) is 0 Å². The zero-order valence-corrected chi connectivity index (χ0v) is 10.0. The Balaban J connectivity index is 2.12. The average molecular weight is 304 g/mol. The predicted octanol–water partition coefficient (Wildman–Crippen LogP) is 1.01. The van der Waals surface area contributed by atoms with Crippen LogP contribution in [0.1, 0.15) is 12.8 Å². The average Bonchev–Trinajstić information content (AvgIpc) is 2.20. The van der Waals surface area contributed by atoms with Crippen molar-refractivity contribution in [3.8, 4) is 0 Å². The molecule has 1 aliphatic heterocycles. The maximum atomic E-state index is 5.85. The van der Waals surface area contributed by atoms with E-state index in [0.29, 0.717) is 6.04 Å². The first-order chi connectivity index (χ1) is 6.77. The molecule has 1 aromatic rings. The highest BCUT2D eigenvalue weighted by molar-refractivity contribution is 14.1. The number of piperidine rings is 1. The molecule has 1 aliphatic rings. The first-order valence-corrected chi connectivity index (χ1v) is 5.81. The van der Waals surface area contributed by atoms with E-state index in [2.05, 4.69) is 37.5 Å². The second kappa shape index (κ2) is 4.39. The Hall–Kier alpha value is -0.430. The Bertz CT molecular complexity index is 309. The molecule has 1 fully saturated rings. The third kappa shape index (κ3) is 2.14. The number of nitrogens with two attached hydrogens (primary N) is 1. The van der Waals surface area contributed by atoms with Crippen LogP contribution in [-0.4, -0.2) is 29.1 Å². The minimum Gasteiger partial charge on any atom is -0.356 e. The first-order valence-electron chi connectivity index (χ1n) is 4.73. The number of halogens is 1. The fraction of sp³-hybridized carbons (Fsp3) is 0.556. The standard InChI is InChI=1S/C9H13IN4/c10-8-5-12-6-13-9(8)14-3-1-7(11)2-4-14/h5-7H,1-4,11H2. The molecule has 0 radical (unpaired) electrons. The third-order valence-electron chi connectivity index (χ3n) is 2.49. The molecule has 14 heavy (non-hydrogen) atoms. The van der Waals surface area contributed by atoms with Crippen molar-refractivity contribution in [3.63, 3.8) is 0 Å². The predicted molar refractivity (Wildman–Crippen MR) is 64.2 cm³/mol. The van der Waals surface area contributed by atoms with E-state index in [9.17, 15) is 0 Å². The van der Waals surface area contributed by atoms with Crippen molar-refractivity contribution in [2.45, 2.75) is 18.9 Å². The number of rotatable bonds is 1. The summed E-state index contributed by atoms with van der Waals surface area (Å²) in [5.74, 6) is 1.05. The minimum absolute atomic E-state index is 0.366. The molecule has 0 saturated carbocycles. The van der Waals surface area contributed by atoms with Crippen molar-refractivity contribution in [3.05, 3.63) is 16.1 Å². The zero-order valence-electron chi connectivity index (χ0n) is 7.86. The van der Waals surface area contributed by atoms with Gasteiger partial charge in [0.1, 0.15) is 12.1 Å². The van der Waals surface area contributed by atoms with Gasteiger partial charge in [-0.15, -0.1) is 0 Å². The molecule has 2 heterocycles. The second-order valence-corrected chi connectivity index (χ2v) is 4.68. The zero-order chi connectivity index (χ0) is 9.97. The van der Waals surface area contributed by atoms with Crippen LogP contribution in [0, 0.1) is 3.57 Å². The van der Waals surface area contributed by atoms with E-state index in [1.54, 1.807) is 6.33 Å². The van der Waals surface area contributed by atoms with Crippen molar-refractivity contribution in [2.75, 3.05) is 18.0 Å².